The van der Waals surface area contributed by atoms with Crippen LogP contribution in [0.4, 0.5) is 0 Å². The first-order valence-electron chi connectivity index (χ1n) is 6.25. The van der Waals surface area contributed by atoms with Crippen LogP contribution in [0.1, 0.15) is 11.4 Å². The molecule has 0 amide bonds. The Kier molecular flexibility index (Phi) is 2.58. The van der Waals surface area contributed by atoms with Gasteiger partial charge in [-0.3, -0.25) is 18.7 Å². The van der Waals surface area contributed by atoms with Crippen LogP contribution < -0.4 is 11.2 Å². The third kappa shape index (κ3) is 1.42. The molecule has 0 unspecified atom stereocenters. The van der Waals surface area contributed by atoms with Gasteiger partial charge in [0, 0.05) is 25.0 Å². The fraction of sp³-hybridized carbons (Fsp3) is 0.417. The van der Waals surface area contributed by atoms with E-state index in [0.29, 0.717) is 23.5 Å². The van der Waals surface area contributed by atoms with Gasteiger partial charge < -0.3 is 9.67 Å². The highest BCUT2D eigenvalue weighted by atomic mass is 16.3. The second-order valence-electron chi connectivity index (χ2n) is 4.78. The number of H-pyrrole nitrogens is 1. The Morgan fingerprint density at radius 3 is 2.60 bits per heavy atom. The first-order chi connectivity index (χ1) is 9.47. The highest BCUT2D eigenvalue weighted by Crippen LogP contribution is 2.19. The van der Waals surface area contributed by atoms with Gasteiger partial charge in [-0.05, 0) is 13.8 Å². The molecule has 106 valence electrons. The molecule has 0 spiro atoms. The molecule has 0 radical (unpaired) electrons. The van der Waals surface area contributed by atoms with Gasteiger partial charge >= 0.3 is 5.69 Å². The highest BCUT2D eigenvalue weighted by Gasteiger charge is 2.19. The van der Waals surface area contributed by atoms with E-state index in [0.717, 1.165) is 11.4 Å². The minimum Gasteiger partial charge on any atom is -0.395 e. The van der Waals surface area contributed by atoms with Gasteiger partial charge in [0.2, 0.25) is 5.78 Å². The van der Waals surface area contributed by atoms with E-state index < -0.39 is 11.2 Å². The molecule has 3 heterocycles. The van der Waals surface area contributed by atoms with E-state index in [2.05, 4.69) is 9.97 Å². The molecule has 0 aliphatic rings. The van der Waals surface area contributed by atoms with E-state index in [-0.39, 0.29) is 6.61 Å². The number of aliphatic hydroxyl groups excluding tert-OH is 1. The Morgan fingerprint density at radius 2 is 1.95 bits per heavy atom. The number of aliphatic hydroxyl groups is 1. The number of aromatic nitrogens is 5. The van der Waals surface area contributed by atoms with Crippen molar-refractivity contribution in [3.05, 3.63) is 32.2 Å². The minimum absolute atomic E-state index is 0.0247. The van der Waals surface area contributed by atoms with E-state index in [1.54, 1.807) is 11.4 Å². The molecule has 0 atom stereocenters. The van der Waals surface area contributed by atoms with Crippen molar-refractivity contribution in [2.45, 2.75) is 20.4 Å². The Labute approximate surface area is 112 Å². The van der Waals surface area contributed by atoms with Crippen LogP contribution in [0.5, 0.6) is 0 Å². The summed E-state index contributed by atoms with van der Waals surface area (Å²) in [7, 11) is 1.56. The smallest absolute Gasteiger partial charge is 0.329 e. The SMILES string of the molecule is Cc1c(C)n2c3c(=O)[nH]c(=O)n(C)c3nc2n1CCO. The average Bonchev–Trinajstić information content (AvgIpc) is 2.89. The van der Waals surface area contributed by atoms with Gasteiger partial charge in [-0.15, -0.1) is 0 Å². The number of aromatic amines is 1. The number of imidazole rings is 2. The second kappa shape index (κ2) is 4.07. The third-order valence-corrected chi connectivity index (χ3v) is 3.73. The maximum atomic E-state index is 12.1. The molecule has 0 bridgehead atoms. The van der Waals surface area contributed by atoms with E-state index in [1.165, 1.54) is 4.57 Å². The van der Waals surface area contributed by atoms with Gasteiger partial charge in [-0.2, -0.15) is 4.98 Å². The van der Waals surface area contributed by atoms with Gasteiger partial charge in [-0.1, -0.05) is 0 Å². The second-order valence-corrected chi connectivity index (χ2v) is 4.78. The number of rotatable bonds is 2. The number of nitrogens with one attached hydrogen (secondary N) is 1. The molecule has 20 heavy (non-hydrogen) atoms. The summed E-state index contributed by atoms with van der Waals surface area (Å²) in [5.41, 5.74) is 1.52. The maximum Gasteiger partial charge on any atom is 0.329 e. The van der Waals surface area contributed by atoms with E-state index in [9.17, 15) is 9.59 Å². The average molecular weight is 277 g/mol. The van der Waals surface area contributed by atoms with Gasteiger partial charge in [0.15, 0.2) is 11.2 Å². The van der Waals surface area contributed by atoms with Crippen LogP contribution in [0.15, 0.2) is 9.59 Å². The lowest BCUT2D eigenvalue weighted by molar-refractivity contribution is 0.276. The maximum absolute atomic E-state index is 12.1. The fourth-order valence-corrected chi connectivity index (χ4v) is 2.54. The van der Waals surface area contributed by atoms with Crippen LogP contribution in [0, 0.1) is 13.8 Å². The largest absolute Gasteiger partial charge is 0.395 e. The molecule has 3 aromatic rings. The normalized spacial score (nSPS) is 11.8. The molecule has 3 rings (SSSR count). The van der Waals surface area contributed by atoms with Crippen LogP contribution >= 0.6 is 0 Å². The lowest BCUT2D eigenvalue weighted by atomic mass is 10.3. The standard InChI is InChI=1S/C12H15N5O3/c1-6-7(2)17-8-9(13-11(17)16(6)4-5-18)15(3)12(20)14-10(8)19/h18H,4-5H2,1-3H3,(H,14,19,20). The van der Waals surface area contributed by atoms with Crippen LogP contribution in [-0.4, -0.2) is 35.2 Å². The molecule has 0 fully saturated rings. The molecular weight excluding hydrogens is 262 g/mol. The zero-order chi connectivity index (χ0) is 14.6. The molecule has 0 aliphatic carbocycles. The molecule has 8 heteroatoms. The number of nitrogens with zero attached hydrogens (tertiary/aromatic N) is 4. The van der Waals surface area contributed by atoms with Crippen LogP contribution in [0.25, 0.3) is 16.9 Å². The predicted octanol–water partition coefficient (Wildman–Crippen LogP) is -0.715. The highest BCUT2D eigenvalue weighted by molar-refractivity contribution is 5.76. The molecule has 8 nitrogen and oxygen atoms in total. The van der Waals surface area contributed by atoms with Crippen LogP contribution in [-0.2, 0) is 13.6 Å². The monoisotopic (exact) mass is 277 g/mol. The quantitative estimate of drug-likeness (QED) is 0.646. The van der Waals surface area contributed by atoms with E-state index >= 15 is 0 Å². The number of hydrogen-bond donors (Lipinski definition) is 2. The van der Waals surface area contributed by atoms with Gasteiger partial charge in [0.1, 0.15) is 0 Å². The van der Waals surface area contributed by atoms with Crippen LogP contribution in [0.2, 0.25) is 0 Å². The molecule has 3 aromatic heterocycles. The zero-order valence-electron chi connectivity index (χ0n) is 11.5. The summed E-state index contributed by atoms with van der Waals surface area (Å²) in [5, 5.41) is 9.16. The van der Waals surface area contributed by atoms with Crippen molar-refractivity contribution in [1.29, 1.82) is 0 Å². The molecule has 2 N–H and O–H groups in total. The first-order valence-corrected chi connectivity index (χ1v) is 6.25. The third-order valence-electron chi connectivity index (χ3n) is 3.73. The summed E-state index contributed by atoms with van der Waals surface area (Å²) in [4.78, 5) is 30.4. The fourth-order valence-electron chi connectivity index (χ4n) is 2.54. The van der Waals surface area contributed by atoms with Crippen molar-refractivity contribution in [3.8, 4) is 0 Å². The topological polar surface area (TPSA) is 97.3 Å². The van der Waals surface area contributed by atoms with Crippen molar-refractivity contribution in [2.24, 2.45) is 7.05 Å². The molecule has 0 aromatic carbocycles. The molecule has 0 saturated heterocycles. The summed E-state index contributed by atoms with van der Waals surface area (Å²) in [6.45, 7) is 4.14. The van der Waals surface area contributed by atoms with Gasteiger partial charge in [-0.25, -0.2) is 4.79 Å². The molecular formula is C12H15N5O3. The van der Waals surface area contributed by atoms with E-state index in [4.69, 9.17) is 5.11 Å². The number of hydrogen-bond acceptors (Lipinski definition) is 4. The van der Waals surface area contributed by atoms with E-state index in [1.807, 2.05) is 18.4 Å². The zero-order valence-corrected chi connectivity index (χ0v) is 11.5. The first kappa shape index (κ1) is 12.7. The summed E-state index contributed by atoms with van der Waals surface area (Å²) < 4.78 is 4.86. The molecule has 0 saturated carbocycles. The van der Waals surface area contributed by atoms with Gasteiger partial charge in [0.05, 0.1) is 6.61 Å². The van der Waals surface area contributed by atoms with Crippen molar-refractivity contribution < 1.29 is 5.11 Å². The Morgan fingerprint density at radius 1 is 1.25 bits per heavy atom. The van der Waals surface area contributed by atoms with Crippen molar-refractivity contribution >= 4 is 16.9 Å². The van der Waals surface area contributed by atoms with Crippen molar-refractivity contribution in [2.75, 3.05) is 6.61 Å². The summed E-state index contributed by atoms with van der Waals surface area (Å²) in [6, 6.07) is 0. The molecule has 0 aliphatic heterocycles. The Bertz CT molecular complexity index is 940. The predicted molar refractivity (Wildman–Crippen MR) is 73.1 cm³/mol. The number of aryl methyl sites for hydroxylation is 2. The Hall–Kier alpha value is -2.35. The number of fused-ring (bicyclic) bond motifs is 3. The Balaban J connectivity index is 2.61. The lowest BCUT2D eigenvalue weighted by Gasteiger charge is -2.02. The van der Waals surface area contributed by atoms with Crippen molar-refractivity contribution in [3.63, 3.8) is 0 Å². The lowest BCUT2D eigenvalue weighted by Crippen LogP contribution is -2.28. The van der Waals surface area contributed by atoms with Crippen molar-refractivity contribution in [1.82, 2.24) is 23.5 Å². The minimum atomic E-state index is -0.494. The van der Waals surface area contributed by atoms with Crippen LogP contribution in [0.3, 0.4) is 0 Å². The summed E-state index contributed by atoms with van der Waals surface area (Å²) >= 11 is 0. The van der Waals surface area contributed by atoms with Gasteiger partial charge in [0.25, 0.3) is 5.56 Å². The summed E-state index contributed by atoms with van der Waals surface area (Å²) in [6.07, 6.45) is 0. The summed E-state index contributed by atoms with van der Waals surface area (Å²) in [5.74, 6) is 0.552.